The Morgan fingerprint density at radius 1 is 0.943 bits per heavy atom. The summed E-state index contributed by atoms with van der Waals surface area (Å²) < 4.78 is 33.5. The van der Waals surface area contributed by atoms with E-state index in [0.717, 1.165) is 23.6 Å². The third-order valence-corrected chi connectivity index (χ3v) is 13.0. The Hall–Kier alpha value is -4.46. The topological polar surface area (TPSA) is 171 Å². The summed E-state index contributed by atoms with van der Waals surface area (Å²) in [6.07, 6.45) is 7.49. The first kappa shape index (κ1) is 36.9. The Morgan fingerprint density at radius 2 is 1.70 bits per heavy atom. The highest BCUT2D eigenvalue weighted by Crippen LogP contribution is 2.47. The summed E-state index contributed by atoms with van der Waals surface area (Å²) in [5.74, 6) is -3.15. The molecule has 53 heavy (non-hydrogen) atoms. The minimum absolute atomic E-state index is 0.159. The smallest absolute Gasteiger partial charge is 0.408 e. The molecule has 6 atom stereocenters. The van der Waals surface area contributed by atoms with Gasteiger partial charge in [-0.3, -0.25) is 23.9 Å². The van der Waals surface area contributed by atoms with E-state index in [1.165, 1.54) is 4.90 Å². The van der Waals surface area contributed by atoms with Gasteiger partial charge in [0.1, 0.15) is 23.2 Å². The molecule has 14 heteroatoms. The number of alkyl carbamates (subject to hydrolysis) is 1. The van der Waals surface area contributed by atoms with Gasteiger partial charge in [-0.2, -0.15) is 0 Å². The number of benzene rings is 2. The van der Waals surface area contributed by atoms with Crippen LogP contribution in [0.5, 0.6) is 0 Å². The van der Waals surface area contributed by atoms with E-state index < -0.39 is 74.1 Å². The van der Waals surface area contributed by atoms with E-state index in [4.69, 9.17) is 4.74 Å². The summed E-state index contributed by atoms with van der Waals surface area (Å²) in [4.78, 5) is 73.2. The van der Waals surface area contributed by atoms with Crippen molar-refractivity contribution in [1.82, 2.24) is 25.2 Å². The maximum atomic E-state index is 14.6. The van der Waals surface area contributed by atoms with Gasteiger partial charge in [-0.1, -0.05) is 61.4 Å². The van der Waals surface area contributed by atoms with Crippen LogP contribution in [0.3, 0.4) is 0 Å². The Labute approximate surface area is 310 Å². The number of nitrogens with zero attached hydrogens (tertiary/aromatic N) is 2. The van der Waals surface area contributed by atoms with Gasteiger partial charge in [0.15, 0.2) is 0 Å². The Balaban J connectivity index is 1.20. The Bertz CT molecular complexity index is 1950. The summed E-state index contributed by atoms with van der Waals surface area (Å²) in [5, 5.41) is 6.82. The molecular weight excluding hydrogens is 699 g/mol. The van der Waals surface area contributed by atoms with Crippen LogP contribution in [0.4, 0.5) is 4.79 Å². The molecular formula is C39H49N5O8S. The van der Waals surface area contributed by atoms with Crippen molar-refractivity contribution in [3.8, 4) is 0 Å². The summed E-state index contributed by atoms with van der Waals surface area (Å²) in [6.45, 7) is 5.86. The molecule has 3 heterocycles. The van der Waals surface area contributed by atoms with Crippen LogP contribution >= 0.6 is 0 Å². The van der Waals surface area contributed by atoms with Crippen molar-refractivity contribution in [2.45, 2.75) is 101 Å². The van der Waals surface area contributed by atoms with Crippen molar-refractivity contribution in [2.75, 3.05) is 19.6 Å². The average Bonchev–Trinajstić information content (AvgIpc) is 3.99. The fourth-order valence-electron chi connectivity index (χ4n) is 8.27. The predicted molar refractivity (Wildman–Crippen MR) is 197 cm³/mol. The molecule has 2 saturated carbocycles. The number of ether oxygens (including phenoxy) is 1. The van der Waals surface area contributed by atoms with Gasteiger partial charge in [0.2, 0.25) is 21.8 Å². The molecule has 0 unspecified atom stereocenters. The van der Waals surface area contributed by atoms with Gasteiger partial charge in [0, 0.05) is 43.0 Å². The van der Waals surface area contributed by atoms with Gasteiger partial charge in [0.25, 0.3) is 11.8 Å². The molecule has 0 bridgehead atoms. The number of carbonyl (C=O) groups excluding carboxylic acids is 5. The van der Waals surface area contributed by atoms with Crippen molar-refractivity contribution in [3.63, 3.8) is 0 Å². The minimum Gasteiger partial charge on any atom is -0.444 e. The van der Waals surface area contributed by atoms with E-state index >= 15 is 0 Å². The molecule has 3 N–H and O–H groups in total. The number of sulfonamides is 1. The van der Waals surface area contributed by atoms with E-state index in [2.05, 4.69) is 15.4 Å². The summed E-state index contributed by atoms with van der Waals surface area (Å²) in [5.41, 5.74) is -1.76. The Kier molecular flexibility index (Phi) is 9.79. The highest BCUT2D eigenvalue weighted by molar-refractivity contribution is 7.91. The number of hydrogen-bond donors (Lipinski definition) is 3. The van der Waals surface area contributed by atoms with Gasteiger partial charge < -0.3 is 25.2 Å². The second-order valence-electron chi connectivity index (χ2n) is 16.3. The summed E-state index contributed by atoms with van der Waals surface area (Å²) in [7, 11) is -3.90. The number of amides is 5. The number of rotatable bonds is 5. The van der Waals surface area contributed by atoms with Crippen LogP contribution in [0.1, 0.15) is 82.5 Å². The maximum absolute atomic E-state index is 14.6. The van der Waals surface area contributed by atoms with E-state index in [9.17, 15) is 32.4 Å². The van der Waals surface area contributed by atoms with Crippen LogP contribution in [0.15, 0.2) is 54.6 Å². The van der Waals surface area contributed by atoms with Crippen LogP contribution in [0.2, 0.25) is 0 Å². The number of likely N-dealkylation sites (tertiary alicyclic amines) is 1. The average molecular weight is 748 g/mol. The molecule has 2 saturated heterocycles. The highest BCUT2D eigenvalue weighted by Gasteiger charge is 2.63. The molecule has 7 rings (SSSR count). The molecule has 2 aromatic rings. The normalized spacial score (nSPS) is 29.8. The van der Waals surface area contributed by atoms with Gasteiger partial charge >= 0.3 is 6.09 Å². The van der Waals surface area contributed by atoms with E-state index in [-0.39, 0.29) is 31.3 Å². The molecule has 13 nitrogen and oxygen atoms in total. The van der Waals surface area contributed by atoms with Crippen molar-refractivity contribution in [3.05, 3.63) is 60.2 Å². The number of allylic oxidation sites excluding steroid dienone is 1. The first-order chi connectivity index (χ1) is 25.2. The fourth-order valence-corrected chi connectivity index (χ4v) is 9.63. The minimum atomic E-state index is -3.90. The third-order valence-electron chi connectivity index (χ3n) is 11.2. The van der Waals surface area contributed by atoms with E-state index in [1.54, 1.807) is 31.7 Å². The first-order valence-corrected chi connectivity index (χ1v) is 20.3. The molecule has 0 spiro atoms. The van der Waals surface area contributed by atoms with Crippen LogP contribution in [-0.4, -0.2) is 96.0 Å². The lowest BCUT2D eigenvalue weighted by Crippen LogP contribution is -2.60. The molecule has 2 aliphatic carbocycles. The first-order valence-electron chi connectivity index (χ1n) is 18.8. The van der Waals surface area contributed by atoms with Gasteiger partial charge in [-0.05, 0) is 76.1 Å². The molecule has 4 fully saturated rings. The Morgan fingerprint density at radius 3 is 2.45 bits per heavy atom. The molecule has 5 aliphatic rings. The van der Waals surface area contributed by atoms with Crippen molar-refractivity contribution in [1.29, 1.82) is 0 Å². The zero-order chi connectivity index (χ0) is 37.7. The largest absolute Gasteiger partial charge is 0.444 e. The molecule has 0 aromatic heterocycles. The molecule has 2 aromatic carbocycles. The maximum Gasteiger partial charge on any atom is 0.408 e. The predicted octanol–water partition coefficient (Wildman–Crippen LogP) is 3.64. The molecule has 0 radical (unpaired) electrons. The van der Waals surface area contributed by atoms with Crippen LogP contribution in [0, 0.1) is 17.8 Å². The van der Waals surface area contributed by atoms with Crippen molar-refractivity contribution in [2.24, 2.45) is 17.8 Å². The standard InChI is InChI=1S/C39H49N5O8S/c1-38(2,3)52-37(49)40-31-17-8-6-4-5-7-14-26-20-39(26,36(48)42-53(50,51)27-18-19-27)41-33(45)32-30-23-43(21-25(30)22-44(32)35(31)47)34(46)29-16-11-13-24-12-9-10-15-28(24)29/h7,9-16,25-27,30-32H,4-6,8,17-23H2,1-3H3,(H,40,49)(H,41,45)(H,42,48)/b14-7-/t25-,26+,30-,31+,32-,39-/m0/s1. The van der Waals surface area contributed by atoms with E-state index in [0.29, 0.717) is 44.2 Å². The van der Waals surface area contributed by atoms with Crippen LogP contribution in [-0.2, 0) is 29.1 Å². The quantitative estimate of drug-likeness (QED) is 0.390. The van der Waals surface area contributed by atoms with Gasteiger partial charge in [-0.15, -0.1) is 0 Å². The monoisotopic (exact) mass is 747 g/mol. The summed E-state index contributed by atoms with van der Waals surface area (Å²) >= 11 is 0. The fraction of sp³-hybridized carbons (Fsp3) is 0.564. The van der Waals surface area contributed by atoms with Crippen LogP contribution in [0.25, 0.3) is 10.8 Å². The SMILES string of the molecule is CC(C)(C)OC(=O)N[C@@H]1CCCCC/C=C\[C@@H]2C[C@]2(C(=O)NS(=O)(=O)C2CC2)NC(=O)[C@@H]2[C@H]3CN(C(=O)c4cccc5ccccc45)C[C@H]3CN2C1=O. The molecule has 3 aliphatic heterocycles. The van der Waals surface area contributed by atoms with Gasteiger partial charge in [0.05, 0.1) is 5.25 Å². The number of nitrogens with one attached hydrogen (secondary N) is 3. The molecule has 5 amide bonds. The zero-order valence-corrected chi connectivity index (χ0v) is 31.3. The van der Waals surface area contributed by atoms with Crippen molar-refractivity contribution >= 4 is 50.5 Å². The highest BCUT2D eigenvalue weighted by atomic mass is 32.2. The van der Waals surface area contributed by atoms with Crippen LogP contribution < -0.4 is 15.4 Å². The number of carbonyl (C=O) groups is 5. The number of fused-ring (bicyclic) bond motifs is 5. The lowest BCUT2D eigenvalue weighted by Gasteiger charge is -2.33. The third kappa shape index (κ3) is 7.65. The second kappa shape index (κ2) is 14.1. The second-order valence-corrected chi connectivity index (χ2v) is 18.3. The van der Waals surface area contributed by atoms with Crippen molar-refractivity contribution < 1.29 is 37.1 Å². The summed E-state index contributed by atoms with van der Waals surface area (Å²) in [6, 6.07) is 11.2. The van der Waals surface area contributed by atoms with E-state index in [1.807, 2.05) is 48.6 Å². The zero-order valence-electron chi connectivity index (χ0n) is 30.5. The lowest BCUT2D eigenvalue weighted by molar-refractivity contribution is -0.142. The van der Waals surface area contributed by atoms with Gasteiger partial charge in [-0.25, -0.2) is 13.2 Å². The molecule has 284 valence electrons. The lowest BCUT2D eigenvalue weighted by atomic mass is 9.93. The number of hydrogen-bond acceptors (Lipinski definition) is 8.